The van der Waals surface area contributed by atoms with Gasteiger partial charge in [0.25, 0.3) is 5.69 Å². The zero-order valence-electron chi connectivity index (χ0n) is 11.4. The minimum Gasteiger partial charge on any atom is -0.506 e. The van der Waals surface area contributed by atoms with Crippen LogP contribution in [0.2, 0.25) is 0 Å². The number of hydrogen-bond donors (Lipinski definition) is 1. The molecule has 0 spiro atoms. The number of carbonyl (C=O) groups is 2. The zero-order valence-corrected chi connectivity index (χ0v) is 11.4. The lowest BCUT2D eigenvalue weighted by molar-refractivity contribution is -0.384. The Morgan fingerprint density at radius 3 is 2.27 bits per heavy atom. The van der Waals surface area contributed by atoms with Crippen molar-refractivity contribution in [2.24, 2.45) is 23.7 Å². The molecule has 0 radical (unpaired) electrons. The van der Waals surface area contributed by atoms with E-state index >= 15 is 0 Å². The third-order valence-corrected chi connectivity index (χ3v) is 4.88. The summed E-state index contributed by atoms with van der Waals surface area (Å²) in [4.78, 5) is 36.4. The highest BCUT2D eigenvalue weighted by Gasteiger charge is 2.60. The van der Waals surface area contributed by atoms with Crippen LogP contribution in [-0.2, 0) is 9.59 Å². The van der Waals surface area contributed by atoms with Crippen LogP contribution >= 0.6 is 0 Å². The van der Waals surface area contributed by atoms with Crippen molar-refractivity contribution in [3.63, 3.8) is 0 Å². The summed E-state index contributed by atoms with van der Waals surface area (Å²) >= 11 is 0. The number of nitro groups is 1. The quantitative estimate of drug-likeness (QED) is 0.387. The molecule has 4 atom stereocenters. The van der Waals surface area contributed by atoms with Crippen LogP contribution in [0.5, 0.6) is 5.75 Å². The van der Waals surface area contributed by atoms with Gasteiger partial charge in [0.05, 0.1) is 16.8 Å². The topological polar surface area (TPSA) is 101 Å². The van der Waals surface area contributed by atoms with Crippen molar-refractivity contribution in [3.05, 3.63) is 40.5 Å². The molecule has 1 saturated carbocycles. The van der Waals surface area contributed by atoms with Crippen molar-refractivity contribution in [1.29, 1.82) is 0 Å². The lowest BCUT2D eigenvalue weighted by atomic mass is 9.85. The van der Waals surface area contributed by atoms with Crippen molar-refractivity contribution in [3.8, 4) is 5.75 Å². The lowest BCUT2D eigenvalue weighted by Gasteiger charge is -2.18. The van der Waals surface area contributed by atoms with Gasteiger partial charge in [-0.1, -0.05) is 12.2 Å². The summed E-state index contributed by atoms with van der Waals surface area (Å²) in [6.07, 6.45) is 4.74. The number of imide groups is 1. The number of non-ortho nitro benzene ring substituents is 1. The Labute approximate surface area is 125 Å². The molecule has 22 heavy (non-hydrogen) atoms. The number of phenolic OH excluding ortho intramolecular Hbond substituents is 1. The second-order valence-corrected chi connectivity index (χ2v) is 5.94. The molecule has 7 heteroatoms. The summed E-state index contributed by atoms with van der Waals surface area (Å²) in [5.41, 5.74) is -0.371. The third kappa shape index (κ3) is 1.50. The van der Waals surface area contributed by atoms with Gasteiger partial charge in [-0.3, -0.25) is 19.7 Å². The van der Waals surface area contributed by atoms with Gasteiger partial charge in [-0.05, 0) is 24.3 Å². The van der Waals surface area contributed by atoms with E-state index < -0.39 is 16.8 Å². The van der Waals surface area contributed by atoms with Crippen LogP contribution in [0.1, 0.15) is 6.42 Å². The van der Waals surface area contributed by atoms with E-state index in [-0.39, 0.29) is 40.8 Å². The molecule has 1 aromatic rings. The van der Waals surface area contributed by atoms with Crippen molar-refractivity contribution < 1.29 is 19.6 Å². The van der Waals surface area contributed by atoms with E-state index in [9.17, 15) is 24.8 Å². The maximum atomic E-state index is 12.6. The molecule has 7 nitrogen and oxygen atoms in total. The molecule has 2 amide bonds. The van der Waals surface area contributed by atoms with Crippen LogP contribution in [0.25, 0.3) is 0 Å². The number of hydrogen-bond acceptors (Lipinski definition) is 5. The molecule has 0 aromatic heterocycles. The van der Waals surface area contributed by atoms with E-state index in [1.807, 2.05) is 12.2 Å². The Kier molecular flexibility index (Phi) is 2.46. The van der Waals surface area contributed by atoms with Gasteiger partial charge < -0.3 is 5.11 Å². The minimum atomic E-state index is -0.625. The first-order valence-electron chi connectivity index (χ1n) is 7.02. The van der Waals surface area contributed by atoms with Crippen molar-refractivity contribution in [2.75, 3.05) is 4.90 Å². The number of phenols is 1. The second kappa shape index (κ2) is 4.16. The van der Waals surface area contributed by atoms with Crippen molar-refractivity contribution in [1.82, 2.24) is 0 Å². The van der Waals surface area contributed by atoms with E-state index in [1.54, 1.807) is 0 Å². The lowest BCUT2D eigenvalue weighted by Crippen LogP contribution is -2.32. The van der Waals surface area contributed by atoms with Crippen LogP contribution < -0.4 is 4.90 Å². The average molecular weight is 300 g/mol. The van der Waals surface area contributed by atoms with Gasteiger partial charge in [0.2, 0.25) is 11.8 Å². The standard InChI is InChI=1S/C15H12N2O5/c18-11-4-3-9(17(21)22)6-10(11)16-14(19)12-7-1-2-8(5-7)13(12)15(16)20/h1-4,6-8,12-13,18H,5H2. The number of allylic oxidation sites excluding steroid dienone is 2. The molecule has 1 heterocycles. The Bertz CT molecular complexity index is 726. The second-order valence-electron chi connectivity index (χ2n) is 5.94. The highest BCUT2D eigenvalue weighted by Crippen LogP contribution is 2.54. The van der Waals surface area contributed by atoms with Gasteiger partial charge >= 0.3 is 0 Å². The zero-order chi connectivity index (χ0) is 15.6. The number of fused-ring (bicyclic) bond motifs is 5. The fourth-order valence-corrected chi connectivity index (χ4v) is 3.94. The fraction of sp³-hybridized carbons (Fsp3) is 0.333. The predicted octanol–water partition coefficient (Wildman–Crippen LogP) is 1.61. The molecule has 1 aliphatic heterocycles. The highest BCUT2D eigenvalue weighted by molar-refractivity contribution is 6.23. The van der Waals surface area contributed by atoms with E-state index in [0.717, 1.165) is 29.5 Å². The van der Waals surface area contributed by atoms with Crippen LogP contribution in [-0.4, -0.2) is 21.8 Å². The summed E-state index contributed by atoms with van der Waals surface area (Å²) in [5, 5.41) is 20.8. The number of carbonyl (C=O) groups excluding carboxylic acids is 2. The molecule has 112 valence electrons. The largest absolute Gasteiger partial charge is 0.506 e. The van der Waals surface area contributed by atoms with E-state index in [2.05, 4.69) is 0 Å². The van der Waals surface area contributed by atoms with E-state index in [4.69, 9.17) is 0 Å². The number of amides is 2. The van der Waals surface area contributed by atoms with Gasteiger partial charge in [-0.2, -0.15) is 0 Å². The minimum absolute atomic E-state index is 0.0530. The van der Waals surface area contributed by atoms with Crippen LogP contribution in [0.4, 0.5) is 11.4 Å². The molecule has 1 saturated heterocycles. The van der Waals surface area contributed by atoms with Gasteiger partial charge in [-0.15, -0.1) is 0 Å². The summed E-state index contributed by atoms with van der Waals surface area (Å²) < 4.78 is 0. The Morgan fingerprint density at radius 1 is 1.14 bits per heavy atom. The number of rotatable bonds is 2. The summed E-state index contributed by atoms with van der Waals surface area (Å²) in [7, 11) is 0. The molecule has 2 bridgehead atoms. The SMILES string of the molecule is O=C1C2C3C=CC(C3)C2C(=O)N1c1cc([N+](=O)[O-])ccc1O. The number of aromatic hydroxyl groups is 1. The molecule has 1 aromatic carbocycles. The first kappa shape index (κ1) is 13.0. The van der Waals surface area contributed by atoms with Crippen molar-refractivity contribution >= 4 is 23.2 Å². The molecule has 2 fully saturated rings. The van der Waals surface area contributed by atoms with Gasteiger partial charge in [0, 0.05) is 12.1 Å². The van der Waals surface area contributed by atoms with Gasteiger partial charge in [-0.25, -0.2) is 4.90 Å². The smallest absolute Gasteiger partial charge is 0.271 e. The first-order valence-corrected chi connectivity index (χ1v) is 7.02. The normalized spacial score (nSPS) is 31.9. The van der Waals surface area contributed by atoms with Gasteiger partial charge in [0.1, 0.15) is 11.4 Å². The predicted molar refractivity (Wildman–Crippen MR) is 75.0 cm³/mol. The summed E-state index contributed by atoms with van der Waals surface area (Å²) in [5.74, 6) is -1.75. The number of nitrogens with zero attached hydrogens (tertiary/aromatic N) is 2. The number of anilines is 1. The van der Waals surface area contributed by atoms with Gasteiger partial charge in [0.15, 0.2) is 0 Å². The fourth-order valence-electron chi connectivity index (χ4n) is 3.94. The molecule has 1 N–H and O–H groups in total. The molecular weight excluding hydrogens is 288 g/mol. The van der Waals surface area contributed by atoms with Crippen LogP contribution in [0.3, 0.4) is 0 Å². The molecule has 3 aliphatic rings. The number of nitro benzene ring substituents is 1. The molecular formula is C15H12N2O5. The maximum Gasteiger partial charge on any atom is 0.271 e. The molecule has 4 unspecified atom stereocenters. The van der Waals surface area contributed by atoms with Crippen molar-refractivity contribution in [2.45, 2.75) is 6.42 Å². The Hall–Kier alpha value is -2.70. The number of benzene rings is 1. The van der Waals surface area contributed by atoms with Crippen LogP contribution in [0, 0.1) is 33.8 Å². The summed E-state index contributed by atoms with van der Waals surface area (Å²) in [6, 6.07) is 3.34. The molecule has 2 aliphatic carbocycles. The first-order chi connectivity index (χ1) is 10.5. The molecule has 4 rings (SSSR count). The Morgan fingerprint density at radius 2 is 1.73 bits per heavy atom. The summed E-state index contributed by atoms with van der Waals surface area (Å²) in [6.45, 7) is 0. The monoisotopic (exact) mass is 300 g/mol. The van der Waals surface area contributed by atoms with E-state index in [1.165, 1.54) is 0 Å². The maximum absolute atomic E-state index is 12.6. The van der Waals surface area contributed by atoms with E-state index in [0.29, 0.717) is 0 Å². The Balaban J connectivity index is 1.79. The highest BCUT2D eigenvalue weighted by atomic mass is 16.6. The van der Waals surface area contributed by atoms with Crippen LogP contribution in [0.15, 0.2) is 30.4 Å². The third-order valence-electron chi connectivity index (χ3n) is 4.88. The average Bonchev–Trinajstić information content (AvgIpc) is 3.14.